The van der Waals surface area contributed by atoms with Crippen LogP contribution < -0.4 is 22.1 Å². The largest absolute Gasteiger partial charge is 0.467 e. The number of esters is 1. The predicted octanol–water partition coefficient (Wildman–Crippen LogP) is 1.50. The van der Waals surface area contributed by atoms with Gasteiger partial charge < -0.3 is 31.9 Å². The van der Waals surface area contributed by atoms with Gasteiger partial charge in [0.15, 0.2) is 0 Å². The van der Waals surface area contributed by atoms with Crippen LogP contribution in [0.1, 0.15) is 59.4 Å². The highest BCUT2D eigenvalue weighted by Crippen LogP contribution is 2.16. The molecule has 0 aliphatic rings. The molecule has 7 N–H and O–H groups in total. The maximum atomic E-state index is 13.1. The van der Waals surface area contributed by atoms with Crippen molar-refractivity contribution < 1.29 is 29.0 Å². The third-order valence-corrected chi connectivity index (χ3v) is 6.37. The van der Waals surface area contributed by atoms with Crippen molar-refractivity contribution in [1.29, 1.82) is 0 Å². The second-order valence-corrected chi connectivity index (χ2v) is 10.9. The number of nitrogens with one attached hydrogen (secondary N) is 2. The lowest BCUT2D eigenvalue weighted by molar-refractivity contribution is -0.145. The monoisotopic (exact) mass is 570 g/mol. The van der Waals surface area contributed by atoms with Crippen molar-refractivity contribution in [1.82, 2.24) is 10.6 Å². The van der Waals surface area contributed by atoms with E-state index in [4.69, 9.17) is 16.2 Å². The molecule has 0 aliphatic heterocycles. The van der Waals surface area contributed by atoms with Gasteiger partial charge in [-0.15, -0.1) is 12.4 Å². The third-order valence-electron chi connectivity index (χ3n) is 6.37. The highest BCUT2D eigenvalue weighted by atomic mass is 35.5. The van der Waals surface area contributed by atoms with Crippen molar-refractivity contribution in [3.63, 3.8) is 0 Å². The number of halogens is 1. The van der Waals surface area contributed by atoms with E-state index in [0.29, 0.717) is 12.3 Å². The van der Waals surface area contributed by atoms with Gasteiger partial charge in [0, 0.05) is 18.9 Å². The molecule has 0 aromatic heterocycles. The van der Waals surface area contributed by atoms with Gasteiger partial charge in [-0.3, -0.25) is 14.4 Å². The van der Waals surface area contributed by atoms with Crippen LogP contribution >= 0.6 is 12.4 Å². The molecule has 0 radical (unpaired) electrons. The van der Waals surface area contributed by atoms with Gasteiger partial charge >= 0.3 is 5.97 Å². The highest BCUT2D eigenvalue weighted by Gasteiger charge is 2.33. The summed E-state index contributed by atoms with van der Waals surface area (Å²) in [5.74, 6) is -2.33. The van der Waals surface area contributed by atoms with Gasteiger partial charge in [-0.2, -0.15) is 0 Å². The molecule has 0 saturated heterocycles. The zero-order valence-corrected chi connectivity index (χ0v) is 24.7. The van der Waals surface area contributed by atoms with Gasteiger partial charge in [0.2, 0.25) is 5.91 Å². The first-order chi connectivity index (χ1) is 17.8. The number of carbonyl (C=O) groups excluding carboxylic acids is 4. The minimum Gasteiger partial charge on any atom is -0.467 e. The lowest BCUT2D eigenvalue weighted by Crippen LogP contribution is -2.57. The Kier molecular flexibility index (Phi) is 16.8. The van der Waals surface area contributed by atoms with E-state index in [1.807, 2.05) is 51.1 Å². The van der Waals surface area contributed by atoms with Crippen LogP contribution in [0.2, 0.25) is 0 Å². The number of ketones is 1. The number of carbonyl (C=O) groups is 4. The van der Waals surface area contributed by atoms with Gasteiger partial charge in [0.25, 0.3) is 5.91 Å². The zero-order valence-electron chi connectivity index (χ0n) is 23.9. The standard InChI is InChI=1S/C28H46N4O6.ClH/c1-16(2)12-20(29)23(33)14-18(5)13-21(30)25(34)27(36)32-24(17(3)4)26(35)31-22(28(37)38-6)15-19-10-8-7-9-11-19;/h7-11,16-18,20-22,24-25,34H,12-15,29-30H2,1-6H3,(H,31,35)(H,32,36);1H/t18?,20-,21-,22-,24-,25+;/m0./s1. The molecule has 11 heteroatoms. The van der Waals surface area contributed by atoms with Crippen LogP contribution in [-0.2, 0) is 30.3 Å². The molecule has 1 unspecified atom stereocenters. The normalized spacial score (nSPS) is 15.8. The van der Waals surface area contributed by atoms with E-state index in [1.165, 1.54) is 7.11 Å². The Balaban J connectivity index is 0.0000144. The molecule has 222 valence electrons. The minimum atomic E-state index is -1.59. The molecule has 0 spiro atoms. The average molecular weight is 571 g/mol. The highest BCUT2D eigenvalue weighted by molar-refractivity contribution is 5.92. The van der Waals surface area contributed by atoms with Crippen LogP contribution in [0.4, 0.5) is 0 Å². The average Bonchev–Trinajstić information content (AvgIpc) is 2.85. The molecule has 2 amide bonds. The number of amides is 2. The Morgan fingerprint density at radius 3 is 2.03 bits per heavy atom. The molecule has 0 fully saturated rings. The zero-order chi connectivity index (χ0) is 29.0. The summed E-state index contributed by atoms with van der Waals surface area (Å²) in [5, 5.41) is 15.8. The van der Waals surface area contributed by atoms with E-state index in [0.717, 1.165) is 5.56 Å². The molecule has 6 atom stereocenters. The van der Waals surface area contributed by atoms with Crippen LogP contribution in [0.5, 0.6) is 0 Å². The molecule has 0 bridgehead atoms. The maximum absolute atomic E-state index is 13.1. The van der Waals surface area contributed by atoms with E-state index < -0.39 is 48.1 Å². The number of hydrogen-bond acceptors (Lipinski definition) is 8. The van der Waals surface area contributed by atoms with Crippen LogP contribution in [0.3, 0.4) is 0 Å². The van der Waals surface area contributed by atoms with E-state index in [1.54, 1.807) is 13.8 Å². The Morgan fingerprint density at radius 1 is 0.923 bits per heavy atom. The summed E-state index contributed by atoms with van der Waals surface area (Å²) in [6, 6.07) is 5.66. The molecule has 1 aromatic rings. The summed E-state index contributed by atoms with van der Waals surface area (Å²) >= 11 is 0. The smallest absolute Gasteiger partial charge is 0.328 e. The fourth-order valence-electron chi connectivity index (χ4n) is 4.23. The van der Waals surface area contributed by atoms with Crippen molar-refractivity contribution in [3.8, 4) is 0 Å². The second kappa shape index (κ2) is 17.9. The van der Waals surface area contributed by atoms with E-state index in [2.05, 4.69) is 10.6 Å². The molecule has 1 rings (SSSR count). The lowest BCUT2D eigenvalue weighted by atomic mass is 9.90. The molecule has 0 saturated carbocycles. The first kappa shape index (κ1) is 36.5. The topological polar surface area (TPSA) is 174 Å². The second-order valence-electron chi connectivity index (χ2n) is 10.9. The predicted molar refractivity (Wildman–Crippen MR) is 153 cm³/mol. The Labute approximate surface area is 238 Å². The molecule has 39 heavy (non-hydrogen) atoms. The number of benzene rings is 1. The molecule has 1 aromatic carbocycles. The Hall–Kier alpha value is -2.53. The van der Waals surface area contributed by atoms with Crippen molar-refractivity contribution in [2.45, 2.75) is 90.6 Å². The fraction of sp³-hybridized carbons (Fsp3) is 0.643. The van der Waals surface area contributed by atoms with Crippen molar-refractivity contribution in [2.75, 3.05) is 7.11 Å². The van der Waals surface area contributed by atoms with Crippen molar-refractivity contribution in [2.24, 2.45) is 29.2 Å². The molecular formula is C28H47ClN4O6. The number of ether oxygens (including phenoxy) is 1. The number of rotatable bonds is 16. The Bertz CT molecular complexity index is 915. The third kappa shape index (κ3) is 12.9. The number of hydrogen-bond donors (Lipinski definition) is 5. The number of aliphatic hydroxyl groups excluding tert-OH is 1. The molecular weight excluding hydrogens is 524 g/mol. The summed E-state index contributed by atoms with van der Waals surface area (Å²) in [6.07, 6.45) is -0.378. The number of Topliss-reactive ketones (excluding diaryl/α,β-unsaturated/α-hetero) is 1. The molecule has 0 heterocycles. The number of nitrogens with two attached hydrogens (primary N) is 2. The first-order valence-electron chi connectivity index (χ1n) is 13.2. The van der Waals surface area contributed by atoms with Crippen molar-refractivity contribution >= 4 is 36.0 Å². The number of methoxy groups -OCH3 is 1. The summed E-state index contributed by atoms with van der Waals surface area (Å²) in [7, 11) is 1.23. The van der Waals surface area contributed by atoms with Gasteiger partial charge in [-0.25, -0.2) is 4.79 Å². The van der Waals surface area contributed by atoms with Gasteiger partial charge in [0.1, 0.15) is 24.0 Å². The maximum Gasteiger partial charge on any atom is 0.328 e. The molecule has 0 aliphatic carbocycles. The van der Waals surface area contributed by atoms with E-state index in [-0.39, 0.29) is 49.3 Å². The van der Waals surface area contributed by atoms with E-state index in [9.17, 15) is 24.3 Å². The van der Waals surface area contributed by atoms with Crippen LogP contribution in [-0.4, -0.2) is 66.1 Å². The fourth-order valence-corrected chi connectivity index (χ4v) is 4.23. The van der Waals surface area contributed by atoms with Crippen LogP contribution in [0.25, 0.3) is 0 Å². The summed E-state index contributed by atoms with van der Waals surface area (Å²) in [6.45, 7) is 9.26. The van der Waals surface area contributed by atoms with Crippen molar-refractivity contribution in [3.05, 3.63) is 35.9 Å². The van der Waals surface area contributed by atoms with E-state index >= 15 is 0 Å². The molecule has 10 nitrogen and oxygen atoms in total. The SMILES string of the molecule is COC(=O)[C@H](Cc1ccccc1)NC(=O)[C@@H](NC(=O)[C@H](O)[C@@H](N)CC(C)CC(=O)[C@@H](N)CC(C)C)C(C)C.Cl. The van der Waals surface area contributed by atoms with Gasteiger partial charge in [0.05, 0.1) is 13.2 Å². The van der Waals surface area contributed by atoms with Gasteiger partial charge in [-0.05, 0) is 36.2 Å². The van der Waals surface area contributed by atoms with Crippen LogP contribution in [0.15, 0.2) is 30.3 Å². The quantitative estimate of drug-likeness (QED) is 0.186. The summed E-state index contributed by atoms with van der Waals surface area (Å²) in [5.41, 5.74) is 12.9. The summed E-state index contributed by atoms with van der Waals surface area (Å²) < 4.78 is 4.84. The van der Waals surface area contributed by atoms with Gasteiger partial charge in [-0.1, -0.05) is 65.0 Å². The minimum absolute atomic E-state index is 0. The Morgan fingerprint density at radius 2 is 1.51 bits per heavy atom. The lowest BCUT2D eigenvalue weighted by Gasteiger charge is -2.27. The first-order valence-corrected chi connectivity index (χ1v) is 13.2. The summed E-state index contributed by atoms with van der Waals surface area (Å²) in [4.78, 5) is 50.6. The number of aliphatic hydroxyl groups is 1. The van der Waals surface area contributed by atoms with Crippen LogP contribution in [0, 0.1) is 17.8 Å².